The van der Waals surface area contributed by atoms with E-state index >= 15 is 0 Å². The Labute approximate surface area is 96.9 Å². The predicted octanol–water partition coefficient (Wildman–Crippen LogP) is 3.55. The fraction of sp³-hybridized carbons (Fsp3) is 0.750. The maximum atomic E-state index is 6.12. The smallest absolute Gasteiger partial charge is 0.0962 e. The Hall–Kier alpha value is -0.410. The second-order valence-electron chi connectivity index (χ2n) is 4.70. The summed E-state index contributed by atoms with van der Waals surface area (Å²) in [7, 11) is 0. The van der Waals surface area contributed by atoms with Gasteiger partial charge in [-0.2, -0.15) is 0 Å². The Bertz CT molecular complexity index is 319. The van der Waals surface area contributed by atoms with Crippen molar-refractivity contribution in [2.45, 2.75) is 58.9 Å². The molecular formula is C12H22N2S. The highest BCUT2D eigenvalue weighted by molar-refractivity contribution is 7.12. The Morgan fingerprint density at radius 3 is 2.20 bits per heavy atom. The van der Waals surface area contributed by atoms with Crippen molar-refractivity contribution in [3.63, 3.8) is 0 Å². The van der Waals surface area contributed by atoms with Gasteiger partial charge in [-0.25, -0.2) is 4.98 Å². The van der Waals surface area contributed by atoms with E-state index in [1.165, 1.54) is 9.88 Å². The predicted molar refractivity (Wildman–Crippen MR) is 67.4 cm³/mol. The second kappa shape index (κ2) is 4.62. The zero-order valence-corrected chi connectivity index (χ0v) is 11.2. The molecule has 0 saturated carbocycles. The van der Waals surface area contributed by atoms with E-state index in [0.717, 1.165) is 18.5 Å². The number of aryl methyl sites for hydroxylation is 1. The van der Waals surface area contributed by atoms with Crippen LogP contribution in [0.3, 0.4) is 0 Å². The van der Waals surface area contributed by atoms with Gasteiger partial charge in [0.15, 0.2) is 0 Å². The van der Waals surface area contributed by atoms with Crippen molar-refractivity contribution in [3.05, 3.63) is 15.6 Å². The van der Waals surface area contributed by atoms with Crippen molar-refractivity contribution < 1.29 is 0 Å². The average Bonchev–Trinajstić information content (AvgIpc) is 2.49. The van der Waals surface area contributed by atoms with Gasteiger partial charge >= 0.3 is 0 Å². The van der Waals surface area contributed by atoms with E-state index in [4.69, 9.17) is 5.73 Å². The Balaban J connectivity index is 3.05. The fourth-order valence-corrected chi connectivity index (χ4v) is 3.18. The van der Waals surface area contributed by atoms with Crippen molar-refractivity contribution in [1.82, 2.24) is 4.98 Å². The van der Waals surface area contributed by atoms with E-state index in [-0.39, 0.29) is 5.54 Å². The van der Waals surface area contributed by atoms with E-state index < -0.39 is 0 Å². The number of nitrogens with two attached hydrogens (primary N) is 1. The highest BCUT2D eigenvalue weighted by Crippen LogP contribution is 2.33. The zero-order valence-electron chi connectivity index (χ0n) is 10.4. The first-order chi connectivity index (χ1) is 6.90. The van der Waals surface area contributed by atoms with Crippen LogP contribution in [0, 0.1) is 6.92 Å². The molecule has 0 fully saturated rings. The molecule has 0 aliphatic rings. The number of nitrogens with zero attached hydrogens (tertiary/aromatic N) is 1. The highest BCUT2D eigenvalue weighted by Gasteiger charge is 2.23. The van der Waals surface area contributed by atoms with Crippen LogP contribution < -0.4 is 5.73 Å². The molecule has 0 atom stereocenters. The third-order valence-corrected chi connectivity index (χ3v) is 4.39. The minimum absolute atomic E-state index is 0.258. The van der Waals surface area contributed by atoms with Crippen LogP contribution in [0.5, 0.6) is 0 Å². The summed E-state index contributed by atoms with van der Waals surface area (Å²) < 4.78 is 0. The molecule has 2 N–H and O–H groups in total. The second-order valence-corrected chi connectivity index (χ2v) is 5.73. The van der Waals surface area contributed by atoms with E-state index in [2.05, 4.69) is 25.8 Å². The van der Waals surface area contributed by atoms with Crippen LogP contribution in [0.1, 0.15) is 62.0 Å². The lowest BCUT2D eigenvalue weighted by Crippen LogP contribution is -2.28. The van der Waals surface area contributed by atoms with Crippen molar-refractivity contribution in [1.29, 1.82) is 0 Å². The molecule has 2 nitrogen and oxygen atoms in total. The van der Waals surface area contributed by atoms with Gasteiger partial charge in [0.05, 0.1) is 10.7 Å². The number of rotatable bonds is 4. The SMILES string of the molecule is CCC(CC)c1nc(C)c(C(C)(C)N)s1. The molecule has 0 bridgehead atoms. The Kier molecular flexibility index (Phi) is 3.90. The number of hydrogen-bond donors (Lipinski definition) is 1. The van der Waals surface area contributed by atoms with Gasteiger partial charge in [-0.15, -0.1) is 11.3 Å². The molecule has 0 spiro atoms. The summed E-state index contributed by atoms with van der Waals surface area (Å²) in [6.07, 6.45) is 2.32. The van der Waals surface area contributed by atoms with E-state index in [9.17, 15) is 0 Å². The highest BCUT2D eigenvalue weighted by atomic mass is 32.1. The number of aromatic nitrogens is 1. The summed E-state index contributed by atoms with van der Waals surface area (Å²) in [6.45, 7) is 10.6. The molecule has 1 aromatic rings. The molecule has 0 aliphatic carbocycles. The van der Waals surface area contributed by atoms with Crippen LogP contribution in [-0.4, -0.2) is 4.98 Å². The lowest BCUT2D eigenvalue weighted by atomic mass is 10.0. The molecule has 0 radical (unpaired) electrons. The van der Waals surface area contributed by atoms with Gasteiger partial charge in [-0.3, -0.25) is 0 Å². The molecule has 86 valence electrons. The van der Waals surface area contributed by atoms with Crippen molar-refractivity contribution >= 4 is 11.3 Å². The lowest BCUT2D eigenvalue weighted by Gasteiger charge is -2.16. The molecule has 1 heterocycles. The molecule has 0 saturated heterocycles. The van der Waals surface area contributed by atoms with Gasteiger partial charge in [0, 0.05) is 16.3 Å². The van der Waals surface area contributed by atoms with Crippen LogP contribution >= 0.6 is 11.3 Å². The van der Waals surface area contributed by atoms with Crippen LogP contribution in [0.15, 0.2) is 0 Å². The van der Waals surface area contributed by atoms with Crippen LogP contribution in [0.4, 0.5) is 0 Å². The Morgan fingerprint density at radius 1 is 1.33 bits per heavy atom. The molecule has 0 aliphatic heterocycles. The summed E-state index contributed by atoms with van der Waals surface area (Å²) >= 11 is 1.79. The van der Waals surface area contributed by atoms with Crippen molar-refractivity contribution in [2.24, 2.45) is 5.73 Å². The van der Waals surface area contributed by atoms with Crippen molar-refractivity contribution in [2.75, 3.05) is 0 Å². The molecule has 1 aromatic heterocycles. The number of thiazole rings is 1. The minimum Gasteiger partial charge on any atom is -0.321 e. The summed E-state index contributed by atoms with van der Waals surface area (Å²) in [6, 6.07) is 0. The summed E-state index contributed by atoms with van der Waals surface area (Å²) in [5.41, 5.74) is 6.97. The monoisotopic (exact) mass is 226 g/mol. The maximum Gasteiger partial charge on any atom is 0.0962 e. The topological polar surface area (TPSA) is 38.9 Å². The molecule has 15 heavy (non-hydrogen) atoms. The largest absolute Gasteiger partial charge is 0.321 e. The van der Waals surface area contributed by atoms with Gasteiger partial charge in [0.2, 0.25) is 0 Å². The first-order valence-electron chi connectivity index (χ1n) is 5.66. The quantitative estimate of drug-likeness (QED) is 0.852. The first-order valence-corrected chi connectivity index (χ1v) is 6.48. The van der Waals surface area contributed by atoms with Crippen LogP contribution in [0.2, 0.25) is 0 Å². The van der Waals surface area contributed by atoms with Gasteiger partial charge < -0.3 is 5.73 Å². The first kappa shape index (κ1) is 12.7. The molecule has 1 rings (SSSR count). The van der Waals surface area contributed by atoms with Crippen molar-refractivity contribution in [3.8, 4) is 0 Å². The molecular weight excluding hydrogens is 204 g/mol. The van der Waals surface area contributed by atoms with Crippen LogP contribution in [0.25, 0.3) is 0 Å². The van der Waals surface area contributed by atoms with Crippen LogP contribution in [-0.2, 0) is 5.54 Å². The normalized spacial score (nSPS) is 12.5. The fourth-order valence-electron chi connectivity index (χ4n) is 1.83. The van der Waals surface area contributed by atoms with E-state index in [1.54, 1.807) is 11.3 Å². The molecule has 0 unspecified atom stereocenters. The lowest BCUT2D eigenvalue weighted by molar-refractivity contribution is 0.562. The van der Waals surface area contributed by atoms with E-state index in [0.29, 0.717) is 5.92 Å². The van der Waals surface area contributed by atoms with Gasteiger partial charge in [-0.1, -0.05) is 13.8 Å². The summed E-state index contributed by atoms with van der Waals surface area (Å²) in [5.74, 6) is 0.602. The summed E-state index contributed by atoms with van der Waals surface area (Å²) in [5, 5.41) is 1.26. The van der Waals surface area contributed by atoms with E-state index in [1.807, 2.05) is 13.8 Å². The third-order valence-electron chi connectivity index (χ3n) is 2.73. The maximum absolute atomic E-state index is 6.12. The van der Waals surface area contributed by atoms with Gasteiger partial charge in [0.25, 0.3) is 0 Å². The molecule has 0 aromatic carbocycles. The third kappa shape index (κ3) is 2.79. The molecule has 3 heteroatoms. The molecule has 0 amide bonds. The zero-order chi connectivity index (χ0) is 11.6. The minimum atomic E-state index is -0.258. The average molecular weight is 226 g/mol. The summed E-state index contributed by atoms with van der Waals surface area (Å²) in [4.78, 5) is 5.88. The Morgan fingerprint density at radius 2 is 1.87 bits per heavy atom. The van der Waals surface area contributed by atoms with Gasteiger partial charge in [-0.05, 0) is 33.6 Å². The number of hydrogen-bond acceptors (Lipinski definition) is 3. The van der Waals surface area contributed by atoms with Gasteiger partial charge in [0.1, 0.15) is 0 Å². The standard InChI is InChI=1S/C12H22N2S/c1-6-9(7-2)11-14-8(3)10(15-11)12(4,5)13/h9H,6-7,13H2,1-5H3.